The number of fused-ring (bicyclic) bond motifs is 1. The van der Waals surface area contributed by atoms with Crippen LogP contribution in [0.4, 0.5) is 31.1 Å². The molecule has 36 heavy (non-hydrogen) atoms. The van der Waals surface area contributed by atoms with Gasteiger partial charge in [0.05, 0.1) is 12.2 Å². The Morgan fingerprint density at radius 1 is 1.11 bits per heavy atom. The van der Waals surface area contributed by atoms with Gasteiger partial charge >= 0.3 is 12.3 Å². The number of nitrogens with zero attached hydrogens (tertiary/aromatic N) is 3. The average Bonchev–Trinajstić information content (AvgIpc) is 2.74. The minimum absolute atomic E-state index is 0.0419. The highest BCUT2D eigenvalue weighted by Crippen LogP contribution is 2.28. The molecular weight excluding hydrogens is 494 g/mol. The second-order valence-electron chi connectivity index (χ2n) is 9.34. The number of amides is 2. The molecule has 7 nitrogen and oxygen atoms in total. The van der Waals surface area contributed by atoms with Crippen LogP contribution in [0.15, 0.2) is 18.3 Å². The van der Waals surface area contributed by atoms with Gasteiger partial charge in [0.25, 0.3) is 0 Å². The lowest BCUT2D eigenvalue weighted by molar-refractivity contribution is -0.145. The van der Waals surface area contributed by atoms with E-state index in [2.05, 4.69) is 15.3 Å². The Hall–Kier alpha value is -3.38. The summed E-state index contributed by atoms with van der Waals surface area (Å²) in [5, 5.41) is 2.44. The van der Waals surface area contributed by atoms with Crippen LogP contribution in [0.1, 0.15) is 49.8 Å². The number of halogens is 6. The zero-order valence-corrected chi connectivity index (χ0v) is 19.7. The molecule has 0 spiro atoms. The van der Waals surface area contributed by atoms with Crippen molar-refractivity contribution in [2.45, 2.75) is 64.4 Å². The standard InChI is InChI=1S/C23H24F6N4O3/c1-22(2,3)36-21(35)31-14(6-13-7-16(25)17(26)9-15(13)24)8-19(34)33-5-4-12-10-30-20(23(27,28)29)32-18(12)11-33/h7,9-10,14H,4-6,8,11H2,1-3H3,(H,31,35). The Balaban J connectivity index is 1.78. The normalized spacial score (nSPS) is 14.8. The molecule has 1 N–H and O–H groups in total. The molecule has 1 unspecified atom stereocenters. The maximum atomic E-state index is 14.2. The van der Waals surface area contributed by atoms with Gasteiger partial charge in [-0.15, -0.1) is 0 Å². The van der Waals surface area contributed by atoms with Crippen molar-refractivity contribution in [3.8, 4) is 0 Å². The van der Waals surface area contributed by atoms with E-state index in [-0.39, 0.29) is 37.2 Å². The molecule has 1 aliphatic rings. The number of alkyl carbamates (subject to hydrolysis) is 1. The maximum absolute atomic E-state index is 14.2. The molecule has 1 aromatic carbocycles. The molecule has 0 radical (unpaired) electrons. The summed E-state index contributed by atoms with van der Waals surface area (Å²) in [6.07, 6.45) is -5.18. The summed E-state index contributed by atoms with van der Waals surface area (Å²) in [4.78, 5) is 33.4. The lowest BCUT2D eigenvalue weighted by Gasteiger charge is -2.30. The lowest BCUT2D eigenvalue weighted by Crippen LogP contribution is -2.45. The number of carbonyl (C=O) groups is 2. The van der Waals surface area contributed by atoms with Crippen LogP contribution in [0.5, 0.6) is 0 Å². The number of alkyl halides is 3. The summed E-state index contributed by atoms with van der Waals surface area (Å²) in [5.74, 6) is -5.66. The first-order valence-corrected chi connectivity index (χ1v) is 10.9. The van der Waals surface area contributed by atoms with Gasteiger partial charge in [-0.3, -0.25) is 4.79 Å². The molecule has 0 saturated heterocycles. The third-order valence-corrected chi connectivity index (χ3v) is 5.25. The second kappa shape index (κ2) is 10.3. The number of ether oxygens (including phenoxy) is 1. The van der Waals surface area contributed by atoms with Crippen LogP contribution < -0.4 is 5.32 Å². The first-order chi connectivity index (χ1) is 16.6. The van der Waals surface area contributed by atoms with Gasteiger partial charge in [-0.1, -0.05) is 0 Å². The van der Waals surface area contributed by atoms with E-state index in [1.54, 1.807) is 20.8 Å². The second-order valence-corrected chi connectivity index (χ2v) is 9.34. The minimum Gasteiger partial charge on any atom is -0.444 e. The van der Waals surface area contributed by atoms with E-state index in [4.69, 9.17) is 4.74 Å². The highest BCUT2D eigenvalue weighted by Gasteiger charge is 2.36. The molecule has 13 heteroatoms. The van der Waals surface area contributed by atoms with Crippen molar-refractivity contribution < 1.29 is 40.7 Å². The van der Waals surface area contributed by atoms with Gasteiger partial charge < -0.3 is 15.0 Å². The summed E-state index contributed by atoms with van der Waals surface area (Å²) in [6, 6.07) is -0.105. The molecule has 0 bridgehead atoms. The van der Waals surface area contributed by atoms with E-state index in [1.165, 1.54) is 4.90 Å². The van der Waals surface area contributed by atoms with E-state index < -0.39 is 59.5 Å². The van der Waals surface area contributed by atoms with Gasteiger partial charge in [-0.2, -0.15) is 13.2 Å². The van der Waals surface area contributed by atoms with Crippen molar-refractivity contribution >= 4 is 12.0 Å². The number of rotatable bonds is 5. The number of nitrogens with one attached hydrogen (secondary N) is 1. The van der Waals surface area contributed by atoms with Gasteiger partial charge in [0.1, 0.15) is 11.4 Å². The summed E-state index contributed by atoms with van der Waals surface area (Å²) in [5.41, 5.74) is -0.660. The Morgan fingerprint density at radius 2 is 1.78 bits per heavy atom. The molecule has 2 heterocycles. The van der Waals surface area contributed by atoms with E-state index in [1.807, 2.05) is 0 Å². The van der Waals surface area contributed by atoms with Crippen LogP contribution in [-0.4, -0.2) is 45.1 Å². The van der Waals surface area contributed by atoms with E-state index in [0.717, 1.165) is 6.20 Å². The molecule has 196 valence electrons. The fourth-order valence-corrected chi connectivity index (χ4v) is 3.63. The largest absolute Gasteiger partial charge is 0.451 e. The lowest BCUT2D eigenvalue weighted by atomic mass is 10.0. The molecule has 2 aromatic rings. The summed E-state index contributed by atoms with van der Waals surface area (Å²) in [7, 11) is 0. The number of benzene rings is 1. The first-order valence-electron chi connectivity index (χ1n) is 10.9. The molecule has 1 aliphatic heterocycles. The van der Waals surface area contributed by atoms with Crippen LogP contribution in [0.3, 0.4) is 0 Å². The molecule has 1 atom stereocenters. The van der Waals surface area contributed by atoms with Crippen molar-refractivity contribution in [3.63, 3.8) is 0 Å². The first kappa shape index (κ1) is 27.2. The van der Waals surface area contributed by atoms with Crippen LogP contribution in [0, 0.1) is 17.5 Å². The van der Waals surface area contributed by atoms with Crippen molar-refractivity contribution in [3.05, 3.63) is 58.4 Å². The fourth-order valence-electron chi connectivity index (χ4n) is 3.63. The summed E-state index contributed by atoms with van der Waals surface area (Å²) in [6.45, 7) is 4.73. The SMILES string of the molecule is CC(C)(C)OC(=O)NC(CC(=O)N1CCc2cnc(C(F)(F)F)nc2C1)Cc1cc(F)c(F)cc1F. The topological polar surface area (TPSA) is 84.4 Å². The molecule has 0 saturated carbocycles. The highest BCUT2D eigenvalue weighted by atomic mass is 19.4. The predicted molar refractivity (Wildman–Crippen MR) is 114 cm³/mol. The maximum Gasteiger partial charge on any atom is 0.451 e. The monoisotopic (exact) mass is 518 g/mol. The van der Waals surface area contributed by atoms with Crippen molar-refractivity contribution in [2.24, 2.45) is 0 Å². The molecule has 1 aromatic heterocycles. The van der Waals surface area contributed by atoms with Crippen molar-refractivity contribution in [1.29, 1.82) is 0 Å². The summed E-state index contributed by atoms with van der Waals surface area (Å²) < 4.78 is 85.4. The molecular formula is C23H24F6N4O3. The molecule has 2 amide bonds. The van der Waals surface area contributed by atoms with Gasteiger partial charge in [0.15, 0.2) is 11.6 Å². The third-order valence-electron chi connectivity index (χ3n) is 5.25. The van der Waals surface area contributed by atoms with Crippen LogP contribution in [0.2, 0.25) is 0 Å². The zero-order valence-electron chi connectivity index (χ0n) is 19.7. The number of hydrogen-bond acceptors (Lipinski definition) is 5. The third kappa shape index (κ3) is 7.08. The van der Waals surface area contributed by atoms with Crippen LogP contribution >= 0.6 is 0 Å². The molecule has 0 aliphatic carbocycles. The van der Waals surface area contributed by atoms with E-state index in [0.29, 0.717) is 17.7 Å². The minimum atomic E-state index is -4.75. The fraction of sp³-hybridized carbons (Fsp3) is 0.478. The number of hydrogen-bond donors (Lipinski definition) is 1. The quantitative estimate of drug-likeness (QED) is 0.471. The van der Waals surface area contributed by atoms with Gasteiger partial charge in [-0.05, 0) is 50.8 Å². The van der Waals surface area contributed by atoms with Crippen LogP contribution in [0.25, 0.3) is 0 Å². The van der Waals surface area contributed by atoms with E-state index >= 15 is 0 Å². The Bertz CT molecular complexity index is 1150. The highest BCUT2D eigenvalue weighted by molar-refractivity contribution is 5.78. The summed E-state index contributed by atoms with van der Waals surface area (Å²) >= 11 is 0. The van der Waals surface area contributed by atoms with Crippen molar-refractivity contribution in [1.82, 2.24) is 20.2 Å². The average molecular weight is 518 g/mol. The smallest absolute Gasteiger partial charge is 0.444 e. The number of aromatic nitrogens is 2. The Morgan fingerprint density at radius 3 is 2.42 bits per heavy atom. The predicted octanol–water partition coefficient (Wildman–Crippen LogP) is 4.32. The Labute approximate surface area is 202 Å². The van der Waals surface area contributed by atoms with Gasteiger partial charge in [0.2, 0.25) is 11.7 Å². The molecule has 0 fully saturated rings. The van der Waals surface area contributed by atoms with Crippen molar-refractivity contribution in [2.75, 3.05) is 6.54 Å². The van der Waals surface area contributed by atoms with Gasteiger partial charge in [-0.25, -0.2) is 27.9 Å². The molecule has 3 rings (SSSR count). The van der Waals surface area contributed by atoms with E-state index in [9.17, 15) is 35.9 Å². The number of carbonyl (C=O) groups excluding carboxylic acids is 2. The van der Waals surface area contributed by atoms with Crippen LogP contribution in [-0.2, 0) is 35.1 Å². The Kier molecular flexibility index (Phi) is 7.79. The zero-order chi connectivity index (χ0) is 26.8. The van der Waals surface area contributed by atoms with Gasteiger partial charge in [0, 0.05) is 31.3 Å².